The zero-order valence-corrected chi connectivity index (χ0v) is 21.7. The summed E-state index contributed by atoms with van der Waals surface area (Å²) in [4.78, 5) is 13.9. The van der Waals surface area contributed by atoms with Crippen molar-refractivity contribution in [3.05, 3.63) is 139 Å². The first kappa shape index (κ1) is 23.3. The van der Waals surface area contributed by atoms with Crippen LogP contribution in [-0.2, 0) is 0 Å². The number of aromatic nitrogens is 3. The third-order valence-electron chi connectivity index (χ3n) is 7.06. The third kappa shape index (κ3) is 4.43. The maximum absolute atomic E-state index is 6.47. The van der Waals surface area contributed by atoms with Gasteiger partial charge in [-0.1, -0.05) is 121 Å². The van der Waals surface area contributed by atoms with Gasteiger partial charge in [0.1, 0.15) is 0 Å². The summed E-state index contributed by atoms with van der Waals surface area (Å²) in [6.45, 7) is 0. The minimum Gasteiger partial charge on any atom is -0.208 e. The highest BCUT2D eigenvalue weighted by atomic mass is 35.5. The van der Waals surface area contributed by atoms with E-state index in [-0.39, 0.29) is 5.28 Å². The van der Waals surface area contributed by atoms with Crippen molar-refractivity contribution in [2.24, 2.45) is 0 Å². The summed E-state index contributed by atoms with van der Waals surface area (Å²) in [5.74, 6) is 1.09. The summed E-state index contributed by atoms with van der Waals surface area (Å²) in [7, 11) is 0. The molecular formula is C35H22ClN3. The van der Waals surface area contributed by atoms with E-state index in [1.807, 2.05) is 24.3 Å². The van der Waals surface area contributed by atoms with E-state index in [1.165, 1.54) is 10.8 Å². The Bertz CT molecular complexity index is 1980. The average Bonchev–Trinajstić information content (AvgIpc) is 3.00. The Morgan fingerprint density at radius 1 is 0.385 bits per heavy atom. The summed E-state index contributed by atoms with van der Waals surface area (Å²) in [5.41, 5.74) is 6.34. The van der Waals surface area contributed by atoms with Gasteiger partial charge in [0.05, 0.1) is 0 Å². The first-order valence-electron chi connectivity index (χ1n) is 12.8. The minimum atomic E-state index is 0.169. The van der Waals surface area contributed by atoms with Gasteiger partial charge in [0.25, 0.3) is 0 Å². The van der Waals surface area contributed by atoms with E-state index in [0.29, 0.717) is 11.6 Å². The smallest absolute Gasteiger partial charge is 0.208 e. The van der Waals surface area contributed by atoms with Gasteiger partial charge < -0.3 is 0 Å². The second kappa shape index (κ2) is 9.79. The van der Waals surface area contributed by atoms with E-state index >= 15 is 0 Å². The van der Waals surface area contributed by atoms with Gasteiger partial charge in [-0.3, -0.25) is 0 Å². The Kier molecular flexibility index (Phi) is 5.84. The number of benzene rings is 6. The molecule has 0 aliphatic rings. The molecule has 0 amide bonds. The van der Waals surface area contributed by atoms with Crippen LogP contribution in [0.1, 0.15) is 0 Å². The molecule has 0 N–H and O–H groups in total. The van der Waals surface area contributed by atoms with Crippen molar-refractivity contribution >= 4 is 33.1 Å². The van der Waals surface area contributed by atoms with Crippen molar-refractivity contribution < 1.29 is 0 Å². The maximum Gasteiger partial charge on any atom is 0.226 e. The fourth-order valence-electron chi connectivity index (χ4n) is 5.17. The van der Waals surface area contributed by atoms with E-state index in [9.17, 15) is 0 Å². The Morgan fingerprint density at radius 3 is 1.85 bits per heavy atom. The second-order valence-corrected chi connectivity index (χ2v) is 9.80. The van der Waals surface area contributed by atoms with Crippen LogP contribution in [0, 0.1) is 0 Å². The molecule has 0 unspecified atom stereocenters. The lowest BCUT2D eigenvalue weighted by Crippen LogP contribution is -1.98. The van der Waals surface area contributed by atoms with Gasteiger partial charge >= 0.3 is 0 Å². The first-order valence-corrected chi connectivity index (χ1v) is 13.2. The van der Waals surface area contributed by atoms with Crippen LogP contribution >= 0.6 is 11.6 Å². The topological polar surface area (TPSA) is 38.7 Å². The molecule has 7 rings (SSSR count). The van der Waals surface area contributed by atoms with Gasteiger partial charge in [-0.2, -0.15) is 9.97 Å². The number of nitrogens with zero attached hydrogens (tertiary/aromatic N) is 3. The largest absolute Gasteiger partial charge is 0.226 e. The van der Waals surface area contributed by atoms with Crippen molar-refractivity contribution in [1.82, 2.24) is 15.0 Å². The van der Waals surface area contributed by atoms with Gasteiger partial charge in [0.2, 0.25) is 5.28 Å². The van der Waals surface area contributed by atoms with Crippen LogP contribution in [0.4, 0.5) is 0 Å². The SMILES string of the molecule is Clc1nc(-c2ccc(-c3ccccc3)c(-c3cccc4ccccc34)c2)nc(-c2ccc3ccccc3c2)n1. The van der Waals surface area contributed by atoms with Crippen LogP contribution in [0.25, 0.3) is 66.6 Å². The fraction of sp³-hybridized carbons (Fsp3) is 0. The summed E-state index contributed by atoms with van der Waals surface area (Å²) in [6.07, 6.45) is 0. The van der Waals surface area contributed by atoms with E-state index in [2.05, 4.69) is 119 Å². The van der Waals surface area contributed by atoms with Crippen molar-refractivity contribution in [2.75, 3.05) is 0 Å². The first-order chi connectivity index (χ1) is 19.2. The third-order valence-corrected chi connectivity index (χ3v) is 7.23. The van der Waals surface area contributed by atoms with Crippen molar-refractivity contribution in [3.63, 3.8) is 0 Å². The van der Waals surface area contributed by atoms with E-state index in [4.69, 9.17) is 16.6 Å². The molecular weight excluding hydrogens is 498 g/mol. The van der Waals surface area contributed by atoms with Gasteiger partial charge in [-0.15, -0.1) is 0 Å². The quantitative estimate of drug-likeness (QED) is 0.232. The zero-order valence-electron chi connectivity index (χ0n) is 20.9. The number of rotatable bonds is 4. The summed E-state index contributed by atoms with van der Waals surface area (Å²) in [5, 5.41) is 4.85. The van der Waals surface area contributed by atoms with Gasteiger partial charge in [-0.25, -0.2) is 4.98 Å². The normalized spacial score (nSPS) is 11.2. The Labute approximate surface area is 231 Å². The van der Waals surface area contributed by atoms with Gasteiger partial charge in [-0.05, 0) is 67.5 Å². The summed E-state index contributed by atoms with van der Waals surface area (Å²) in [6, 6.07) is 46.2. The van der Waals surface area contributed by atoms with E-state index in [1.54, 1.807) is 0 Å². The van der Waals surface area contributed by atoms with Crippen LogP contribution in [0.5, 0.6) is 0 Å². The molecule has 1 aromatic heterocycles. The molecule has 0 saturated heterocycles. The predicted octanol–water partition coefficient (Wildman–Crippen LogP) is 9.50. The fourth-order valence-corrected chi connectivity index (χ4v) is 5.33. The molecule has 39 heavy (non-hydrogen) atoms. The molecule has 4 heteroatoms. The Morgan fingerprint density at radius 2 is 1.03 bits per heavy atom. The number of hydrogen-bond acceptors (Lipinski definition) is 3. The van der Waals surface area contributed by atoms with E-state index in [0.717, 1.165) is 44.2 Å². The van der Waals surface area contributed by atoms with Crippen LogP contribution in [0.3, 0.4) is 0 Å². The molecule has 0 saturated carbocycles. The molecule has 3 nitrogen and oxygen atoms in total. The lowest BCUT2D eigenvalue weighted by molar-refractivity contribution is 1.07. The average molecular weight is 520 g/mol. The van der Waals surface area contributed by atoms with E-state index < -0.39 is 0 Å². The predicted molar refractivity (Wildman–Crippen MR) is 162 cm³/mol. The summed E-state index contributed by atoms with van der Waals surface area (Å²) < 4.78 is 0. The molecule has 0 aliphatic heterocycles. The molecule has 0 fully saturated rings. The van der Waals surface area contributed by atoms with Crippen LogP contribution in [0.2, 0.25) is 5.28 Å². The van der Waals surface area contributed by atoms with Gasteiger partial charge in [0.15, 0.2) is 11.6 Å². The van der Waals surface area contributed by atoms with Crippen LogP contribution in [0.15, 0.2) is 133 Å². The monoisotopic (exact) mass is 519 g/mol. The molecule has 0 aliphatic carbocycles. The van der Waals surface area contributed by atoms with Crippen LogP contribution < -0.4 is 0 Å². The Hall–Kier alpha value is -4.86. The highest BCUT2D eigenvalue weighted by Gasteiger charge is 2.15. The second-order valence-electron chi connectivity index (χ2n) is 9.47. The lowest BCUT2D eigenvalue weighted by Gasteiger charge is -2.15. The minimum absolute atomic E-state index is 0.169. The molecule has 0 atom stereocenters. The molecule has 0 bridgehead atoms. The van der Waals surface area contributed by atoms with Crippen molar-refractivity contribution in [3.8, 4) is 45.0 Å². The van der Waals surface area contributed by atoms with Crippen molar-refractivity contribution in [2.45, 2.75) is 0 Å². The number of fused-ring (bicyclic) bond motifs is 2. The molecule has 1 heterocycles. The molecule has 7 aromatic rings. The molecule has 0 spiro atoms. The summed E-state index contributed by atoms with van der Waals surface area (Å²) >= 11 is 6.47. The van der Waals surface area contributed by atoms with Gasteiger partial charge in [0, 0.05) is 11.1 Å². The molecule has 6 aromatic carbocycles. The number of hydrogen-bond donors (Lipinski definition) is 0. The molecule has 184 valence electrons. The Balaban J connectivity index is 1.42. The maximum atomic E-state index is 6.47. The zero-order chi connectivity index (χ0) is 26.2. The van der Waals surface area contributed by atoms with Crippen molar-refractivity contribution in [1.29, 1.82) is 0 Å². The highest BCUT2D eigenvalue weighted by molar-refractivity contribution is 6.28. The molecule has 0 radical (unpaired) electrons. The number of halogens is 1. The van der Waals surface area contributed by atoms with Crippen LogP contribution in [-0.4, -0.2) is 15.0 Å². The standard InChI is InChI=1S/C35H22ClN3/c36-35-38-33(27-18-17-23-9-4-5-13-26(23)21-27)37-34(39-35)28-19-20-30(24-10-2-1-3-11-24)32(22-28)31-16-8-14-25-12-6-7-15-29(25)31/h1-22H. The lowest BCUT2D eigenvalue weighted by atomic mass is 9.90. The highest BCUT2D eigenvalue weighted by Crippen LogP contribution is 2.38.